The molecular weight excluding hydrogens is 298 g/mol. The Labute approximate surface area is 135 Å². The van der Waals surface area contributed by atoms with Crippen molar-refractivity contribution in [3.05, 3.63) is 35.9 Å². The third-order valence-corrected chi connectivity index (χ3v) is 3.96. The van der Waals surface area contributed by atoms with E-state index in [1.807, 2.05) is 30.3 Å². The van der Waals surface area contributed by atoms with Gasteiger partial charge in [-0.05, 0) is 24.8 Å². The summed E-state index contributed by atoms with van der Waals surface area (Å²) in [5.41, 5.74) is 0.434. The number of hydrogen-bond donors (Lipinski definition) is 2. The predicted octanol–water partition coefficient (Wildman–Crippen LogP) is 1.39. The van der Waals surface area contributed by atoms with E-state index in [2.05, 4.69) is 5.32 Å². The zero-order valence-corrected chi connectivity index (χ0v) is 13.1. The van der Waals surface area contributed by atoms with Crippen molar-refractivity contribution in [1.82, 2.24) is 5.32 Å². The van der Waals surface area contributed by atoms with Gasteiger partial charge in [0, 0.05) is 13.2 Å². The number of carboxylic acid groups (broad SMARTS) is 1. The van der Waals surface area contributed by atoms with Crippen molar-refractivity contribution in [3.63, 3.8) is 0 Å². The van der Waals surface area contributed by atoms with E-state index in [-0.39, 0.29) is 18.9 Å². The Morgan fingerprint density at radius 1 is 1.22 bits per heavy atom. The number of carboxylic acids is 1. The summed E-state index contributed by atoms with van der Waals surface area (Å²) in [4.78, 5) is 23.1. The van der Waals surface area contributed by atoms with Crippen LogP contribution in [-0.4, -0.2) is 48.9 Å². The molecule has 126 valence electrons. The molecule has 1 amide bonds. The molecule has 2 N–H and O–H groups in total. The van der Waals surface area contributed by atoms with Crippen LogP contribution in [0.5, 0.6) is 0 Å². The Morgan fingerprint density at radius 2 is 1.91 bits per heavy atom. The van der Waals surface area contributed by atoms with Gasteiger partial charge in [0.25, 0.3) is 0 Å². The van der Waals surface area contributed by atoms with Crippen LogP contribution >= 0.6 is 0 Å². The van der Waals surface area contributed by atoms with Gasteiger partial charge in [-0.2, -0.15) is 0 Å². The van der Waals surface area contributed by atoms with Crippen LogP contribution in [0.3, 0.4) is 0 Å². The highest BCUT2D eigenvalue weighted by Gasteiger charge is 2.36. The summed E-state index contributed by atoms with van der Waals surface area (Å²) in [6.45, 7) is 1.31. The molecule has 1 aliphatic rings. The van der Waals surface area contributed by atoms with E-state index >= 15 is 0 Å². The molecule has 0 atom stereocenters. The number of ether oxygens (including phenoxy) is 2. The summed E-state index contributed by atoms with van der Waals surface area (Å²) in [5.74, 6) is -1.20. The van der Waals surface area contributed by atoms with E-state index in [0.29, 0.717) is 32.7 Å². The molecule has 1 heterocycles. The molecule has 1 aromatic carbocycles. The fourth-order valence-electron chi connectivity index (χ4n) is 2.73. The molecule has 2 rings (SSSR count). The number of carbonyl (C=O) groups excluding carboxylic acids is 1. The number of amides is 1. The number of nitrogens with one attached hydrogen (secondary N) is 1. The first-order valence-electron chi connectivity index (χ1n) is 7.82. The summed E-state index contributed by atoms with van der Waals surface area (Å²) >= 11 is 0. The van der Waals surface area contributed by atoms with Crippen molar-refractivity contribution in [3.8, 4) is 0 Å². The van der Waals surface area contributed by atoms with Crippen molar-refractivity contribution in [2.24, 2.45) is 0 Å². The maximum absolute atomic E-state index is 12.0. The maximum Gasteiger partial charge on any atom is 0.305 e. The molecule has 1 aliphatic heterocycles. The standard InChI is InChI=1S/C17H23NO5/c19-15(13-23-9-6-14-4-2-1-3-5-14)18-17(12-16(20)21)7-10-22-11-8-17/h1-5H,6-13H2,(H,18,19)(H,20,21). The predicted molar refractivity (Wildman–Crippen MR) is 84.1 cm³/mol. The van der Waals surface area contributed by atoms with Gasteiger partial charge in [-0.3, -0.25) is 9.59 Å². The van der Waals surface area contributed by atoms with Gasteiger partial charge in [0.05, 0.1) is 18.6 Å². The second-order valence-electron chi connectivity index (χ2n) is 5.80. The molecule has 0 spiro atoms. The van der Waals surface area contributed by atoms with Crippen LogP contribution in [0.15, 0.2) is 30.3 Å². The molecule has 1 aromatic rings. The third-order valence-electron chi connectivity index (χ3n) is 3.96. The third kappa shape index (κ3) is 6.00. The minimum atomic E-state index is -0.919. The van der Waals surface area contributed by atoms with Crippen LogP contribution < -0.4 is 5.32 Å². The minimum Gasteiger partial charge on any atom is -0.481 e. The fourth-order valence-corrected chi connectivity index (χ4v) is 2.73. The number of rotatable bonds is 8. The lowest BCUT2D eigenvalue weighted by Crippen LogP contribution is -2.54. The molecule has 6 heteroatoms. The van der Waals surface area contributed by atoms with Gasteiger partial charge >= 0.3 is 5.97 Å². The lowest BCUT2D eigenvalue weighted by molar-refractivity contribution is -0.141. The number of carbonyl (C=O) groups is 2. The Balaban J connectivity index is 1.74. The van der Waals surface area contributed by atoms with Crippen molar-refractivity contribution < 1.29 is 24.2 Å². The minimum absolute atomic E-state index is 0.0605. The van der Waals surface area contributed by atoms with Crippen LogP contribution in [0.25, 0.3) is 0 Å². The van der Waals surface area contributed by atoms with Gasteiger partial charge in [-0.15, -0.1) is 0 Å². The molecule has 1 saturated heterocycles. The zero-order valence-electron chi connectivity index (χ0n) is 13.1. The summed E-state index contributed by atoms with van der Waals surface area (Å²) in [5, 5.41) is 11.9. The summed E-state index contributed by atoms with van der Waals surface area (Å²) < 4.78 is 10.7. The quantitative estimate of drug-likeness (QED) is 0.707. The van der Waals surface area contributed by atoms with Gasteiger partial charge in [0.1, 0.15) is 6.61 Å². The molecule has 6 nitrogen and oxygen atoms in total. The van der Waals surface area contributed by atoms with Gasteiger partial charge in [-0.1, -0.05) is 30.3 Å². The Kier molecular flexibility index (Phi) is 6.55. The van der Waals surface area contributed by atoms with E-state index in [0.717, 1.165) is 12.0 Å². The van der Waals surface area contributed by atoms with Crippen LogP contribution in [0.1, 0.15) is 24.8 Å². The fraction of sp³-hybridized carbons (Fsp3) is 0.529. The molecule has 0 aromatic heterocycles. The van der Waals surface area contributed by atoms with Gasteiger partial charge in [0.2, 0.25) is 5.91 Å². The van der Waals surface area contributed by atoms with E-state index in [4.69, 9.17) is 14.6 Å². The van der Waals surface area contributed by atoms with Crippen LogP contribution in [0.2, 0.25) is 0 Å². The normalized spacial score (nSPS) is 16.7. The van der Waals surface area contributed by atoms with Crippen LogP contribution in [-0.2, 0) is 25.5 Å². The largest absolute Gasteiger partial charge is 0.481 e. The zero-order chi connectivity index (χ0) is 16.5. The van der Waals surface area contributed by atoms with E-state index in [1.165, 1.54) is 0 Å². The van der Waals surface area contributed by atoms with Crippen molar-refractivity contribution in [1.29, 1.82) is 0 Å². The molecule has 0 bridgehead atoms. The molecule has 0 radical (unpaired) electrons. The van der Waals surface area contributed by atoms with Gasteiger partial charge in [-0.25, -0.2) is 0 Å². The molecule has 1 fully saturated rings. The Morgan fingerprint density at radius 3 is 2.57 bits per heavy atom. The number of hydrogen-bond acceptors (Lipinski definition) is 4. The van der Waals surface area contributed by atoms with Crippen molar-refractivity contribution >= 4 is 11.9 Å². The molecule has 23 heavy (non-hydrogen) atoms. The summed E-state index contributed by atoms with van der Waals surface area (Å²) in [6.07, 6.45) is 1.67. The highest BCUT2D eigenvalue weighted by molar-refractivity contribution is 5.79. The monoisotopic (exact) mass is 321 g/mol. The molecule has 0 aliphatic carbocycles. The summed E-state index contributed by atoms with van der Waals surface area (Å²) in [6, 6.07) is 9.89. The molecular formula is C17H23NO5. The Hall–Kier alpha value is -1.92. The number of benzene rings is 1. The second-order valence-corrected chi connectivity index (χ2v) is 5.80. The van der Waals surface area contributed by atoms with Crippen LogP contribution in [0, 0.1) is 0 Å². The number of aliphatic carboxylic acids is 1. The summed E-state index contributed by atoms with van der Waals surface area (Å²) in [7, 11) is 0. The van der Waals surface area contributed by atoms with Crippen molar-refractivity contribution in [2.45, 2.75) is 31.2 Å². The van der Waals surface area contributed by atoms with E-state index in [1.54, 1.807) is 0 Å². The first-order valence-corrected chi connectivity index (χ1v) is 7.82. The molecule has 0 saturated carbocycles. The maximum atomic E-state index is 12.0. The van der Waals surface area contributed by atoms with Crippen molar-refractivity contribution in [2.75, 3.05) is 26.4 Å². The lowest BCUT2D eigenvalue weighted by Gasteiger charge is -2.36. The first-order chi connectivity index (χ1) is 11.1. The van der Waals surface area contributed by atoms with Gasteiger partial charge < -0.3 is 19.9 Å². The highest BCUT2D eigenvalue weighted by Crippen LogP contribution is 2.24. The lowest BCUT2D eigenvalue weighted by atomic mass is 9.86. The van der Waals surface area contributed by atoms with E-state index in [9.17, 15) is 9.59 Å². The van der Waals surface area contributed by atoms with Gasteiger partial charge in [0.15, 0.2) is 0 Å². The van der Waals surface area contributed by atoms with Crippen LogP contribution in [0.4, 0.5) is 0 Å². The second kappa shape index (κ2) is 8.64. The average Bonchev–Trinajstić information content (AvgIpc) is 2.52. The first kappa shape index (κ1) is 17.4. The Bertz CT molecular complexity index is 511. The SMILES string of the molecule is O=C(O)CC1(NC(=O)COCCc2ccccc2)CCOCC1. The molecule has 0 unspecified atom stereocenters. The topological polar surface area (TPSA) is 84.9 Å². The highest BCUT2D eigenvalue weighted by atomic mass is 16.5. The van der Waals surface area contributed by atoms with E-state index < -0.39 is 11.5 Å². The smallest absolute Gasteiger partial charge is 0.305 e. The average molecular weight is 321 g/mol.